The van der Waals surface area contributed by atoms with E-state index in [0.29, 0.717) is 37.3 Å². The maximum absolute atomic E-state index is 13.2. The smallest absolute Gasteiger partial charge is 0.437 e. The van der Waals surface area contributed by atoms with Crippen LogP contribution in [0.5, 0.6) is 0 Å². The maximum atomic E-state index is 13.2. The van der Waals surface area contributed by atoms with Gasteiger partial charge in [-0.3, -0.25) is 29.8 Å². The first-order chi connectivity index (χ1) is 54.5. The fourth-order valence-corrected chi connectivity index (χ4v) is 13.3. The summed E-state index contributed by atoms with van der Waals surface area (Å²) in [6.07, 6.45) is 4.07. The van der Waals surface area contributed by atoms with Gasteiger partial charge >= 0.3 is 36.3 Å². The summed E-state index contributed by atoms with van der Waals surface area (Å²) in [4.78, 5) is 137. The number of nitrogens with zero attached hydrogens (tertiary/aromatic N) is 6. The molecule has 27 nitrogen and oxygen atoms in total. The number of anilines is 3. The number of alkyl carbamates (subject to hydrolysis) is 2. The van der Waals surface area contributed by atoms with Crippen molar-refractivity contribution < 1.29 is 76.7 Å². The van der Waals surface area contributed by atoms with Crippen LogP contribution in [0.1, 0.15) is 202 Å². The number of ketones is 2. The lowest BCUT2D eigenvalue weighted by Crippen LogP contribution is -2.42. The number of carboxylic acids is 1. The molecule has 0 saturated carbocycles. The molecule has 0 bridgehead atoms. The van der Waals surface area contributed by atoms with Gasteiger partial charge in [-0.05, 0) is 209 Å². The predicted octanol–water partition coefficient (Wildman–Crippen LogP) is 19.5. The molecule has 1 aromatic heterocycles. The normalized spacial score (nSPS) is 12.7. The number of aliphatic imine (C=N–C) groups is 2. The molecule has 7 N–H and O–H groups in total. The number of benzene rings is 6. The van der Waals surface area contributed by atoms with Crippen LogP contribution in [0.25, 0.3) is 22.3 Å². The van der Waals surface area contributed by atoms with E-state index in [2.05, 4.69) is 46.2 Å². The highest BCUT2D eigenvalue weighted by Crippen LogP contribution is 2.36. The number of fused-ring (bicyclic) bond motifs is 2. The summed E-state index contributed by atoms with van der Waals surface area (Å²) in [6, 6.07) is 36.3. The zero-order chi connectivity index (χ0) is 85.4. The van der Waals surface area contributed by atoms with Crippen LogP contribution in [0, 0.1) is 0 Å². The van der Waals surface area contributed by atoms with Crippen LogP contribution in [0.15, 0.2) is 150 Å². The van der Waals surface area contributed by atoms with Crippen molar-refractivity contribution in [2.75, 3.05) is 48.8 Å². The van der Waals surface area contributed by atoms with Crippen LogP contribution in [0.2, 0.25) is 20.1 Å². The Labute approximate surface area is 751 Å². The number of nitrogens with one attached hydrogen (secondary N) is 4. The van der Waals surface area contributed by atoms with E-state index in [1.165, 1.54) is 29.7 Å². The number of hydrogen-bond donors (Lipinski definition) is 6. The van der Waals surface area contributed by atoms with E-state index >= 15 is 0 Å². The summed E-state index contributed by atoms with van der Waals surface area (Å²) in [5, 5.41) is 24.3. The second-order valence-electron chi connectivity index (χ2n) is 31.3. The third-order valence-electron chi connectivity index (χ3n) is 17.1. The van der Waals surface area contributed by atoms with Gasteiger partial charge in [-0.1, -0.05) is 155 Å². The third kappa shape index (κ3) is 36.5. The number of hydrogen-bond acceptors (Lipinski definition) is 19. The molecule has 33 heteroatoms. The predicted molar refractivity (Wildman–Crippen MR) is 497 cm³/mol. The quantitative estimate of drug-likeness (QED) is 0.0121. The van der Waals surface area contributed by atoms with Gasteiger partial charge < -0.3 is 55.0 Å². The standard InChI is InChI=1S/C41H48Cl2N4O8.C30H31Cl2N3O4.C14H22N4O4.4CH4.2H2S/c1-40(2,3)54-38(52)45-34(46-39(53)55-41(4,5)6)22-25-14-15-27-13-10-19-47(33(27)21-25)20-18-29(48)16-17-32(37(50)51)44-36(49)35-30(42)23-28(24-31(35)43)26-11-8-7-9-12-26;1-39-30(38)26(12-11-23(36)13-15-35-14-5-8-20-9-10-22(33)18-27(20)35)34-29(37)28-24(31)16-21(17-25(28)32)19-6-3-2-4-7-19;1-13(2,3)21-11(19)16-10(18-9-7-8-15-18)17-12(20)22-14(4,5)6;;;;;;/h7-9,11-12,14-15,21,23-24,32H,10,13,16-20,22H2,1-6H3,(H,44,49)(H,50,51)(H,45,46,52,53);2-4,6-7,9-10,16-18,26H,5,8,11-15,33H2,1H3,(H,34,37);7-9H,1-6H3,(H,16,17,19,20);4*1H4;2*1H2/t32-;26-;;;;;;;/m00......./s1. The number of methoxy groups -OCH3 is 1. The van der Waals surface area contributed by atoms with Crippen LogP contribution in [0.3, 0.4) is 0 Å². The molecule has 0 fully saturated rings. The van der Waals surface area contributed by atoms with Crippen molar-refractivity contribution in [1.82, 2.24) is 31.0 Å². The monoisotopic (exact) mass is 1800 g/mol. The molecule has 0 unspecified atom stereocenters. The first kappa shape index (κ1) is 110. The lowest BCUT2D eigenvalue weighted by molar-refractivity contribution is -0.143. The zero-order valence-electron chi connectivity index (χ0n) is 68.4. The number of rotatable bonds is 22. The van der Waals surface area contributed by atoms with Crippen molar-refractivity contribution in [2.45, 2.75) is 218 Å². The van der Waals surface area contributed by atoms with Crippen molar-refractivity contribution in [2.24, 2.45) is 9.98 Å². The van der Waals surface area contributed by atoms with Gasteiger partial charge in [-0.15, -0.1) is 4.99 Å². The summed E-state index contributed by atoms with van der Waals surface area (Å²) in [7, 11) is 1.23. The Morgan fingerprint density at radius 3 is 1.34 bits per heavy atom. The minimum Gasteiger partial charge on any atom is -0.480 e. The highest BCUT2D eigenvalue weighted by molar-refractivity contribution is 7.59. The SMILES string of the molecule is C.C.C.C.CC(C)(C)OC(=O)N=C(Cc1ccc2c(c1)N(CCC(=O)CC[C@H](NC(=O)c1c(Cl)cc(-c3ccccc3)cc1Cl)C(=O)O)CCC2)NC(=O)OC(C)(C)C.CC(C)(C)OC(=O)N=C(NC(=O)OC(C)(C)C)n1cccn1.COC(=O)[C@H](CCC(=O)CCN1CCCc2ccc(N)cc21)NC(=O)c1c(Cl)cc(-c2ccccc2)cc1Cl.S.S. The van der Waals surface area contributed by atoms with E-state index in [4.69, 9.17) is 75.8 Å². The minimum atomic E-state index is -1.35. The molecule has 6 aromatic carbocycles. The Balaban J connectivity index is 0.000000971. The number of ether oxygens (including phenoxy) is 5. The van der Waals surface area contributed by atoms with Crippen molar-refractivity contribution in [1.29, 1.82) is 0 Å². The largest absolute Gasteiger partial charge is 0.480 e. The molecule has 6 amide bonds. The molecule has 668 valence electrons. The number of carbonyl (C=O) groups is 10. The van der Waals surface area contributed by atoms with Crippen molar-refractivity contribution in [3.8, 4) is 22.3 Å². The summed E-state index contributed by atoms with van der Waals surface area (Å²) in [6.45, 7) is 23.1. The first-order valence-electron chi connectivity index (χ1n) is 37.7. The van der Waals surface area contributed by atoms with Gasteiger partial charge in [0, 0.05) is 87.7 Å². The van der Waals surface area contributed by atoms with Gasteiger partial charge in [0.15, 0.2) is 0 Å². The molecule has 122 heavy (non-hydrogen) atoms. The Morgan fingerprint density at radius 1 is 0.508 bits per heavy atom. The highest BCUT2D eigenvalue weighted by Gasteiger charge is 2.31. The zero-order valence-corrected chi connectivity index (χ0v) is 73.4. The number of halogens is 4. The maximum Gasteiger partial charge on any atom is 0.437 e. The Kier molecular flexibility index (Phi) is 45.4. The van der Waals surface area contributed by atoms with Crippen LogP contribution >= 0.6 is 73.4 Å². The average molecular weight is 1810 g/mol. The van der Waals surface area contributed by atoms with E-state index in [-0.39, 0.29) is 150 Å². The molecule has 3 heterocycles. The van der Waals surface area contributed by atoms with E-state index in [0.717, 1.165) is 71.4 Å². The summed E-state index contributed by atoms with van der Waals surface area (Å²) >= 11 is 25.8. The number of nitrogen functional groups attached to an aromatic ring is 1. The molecule has 0 saturated heterocycles. The number of amides is 6. The average Bonchev–Trinajstić information content (AvgIpc) is 1.08. The minimum absolute atomic E-state index is 0. The van der Waals surface area contributed by atoms with Crippen LogP contribution < -0.4 is 36.8 Å². The van der Waals surface area contributed by atoms with Crippen molar-refractivity contribution in [3.05, 3.63) is 188 Å². The van der Waals surface area contributed by atoms with Crippen molar-refractivity contribution in [3.63, 3.8) is 0 Å². The van der Waals surface area contributed by atoms with Gasteiger partial charge in [0.1, 0.15) is 51.9 Å². The fraction of sp³-hybridized carbons (Fsp3) is 0.427. The number of aryl methyl sites for hydroxylation is 2. The number of aromatic nitrogens is 2. The van der Waals surface area contributed by atoms with Gasteiger partial charge in [0.05, 0.1) is 38.3 Å². The molecule has 0 spiro atoms. The molecule has 2 aliphatic heterocycles. The number of nitrogens with two attached hydrogens (primary N) is 1. The van der Waals surface area contributed by atoms with Crippen LogP contribution in [0.4, 0.5) is 36.2 Å². The lowest BCUT2D eigenvalue weighted by Gasteiger charge is -2.32. The van der Waals surface area contributed by atoms with Gasteiger partial charge in [0.2, 0.25) is 5.96 Å². The number of esters is 1. The van der Waals surface area contributed by atoms with Gasteiger partial charge in [-0.25, -0.2) is 33.4 Å². The van der Waals surface area contributed by atoms with Gasteiger partial charge in [-0.2, -0.15) is 37.1 Å². The number of aliphatic carboxylic acids is 1. The topological polar surface area (TPSA) is 360 Å². The Hall–Kier alpha value is -10.2. The highest BCUT2D eigenvalue weighted by atomic mass is 35.5. The molecule has 9 rings (SSSR count). The lowest BCUT2D eigenvalue weighted by atomic mass is 9.97. The molecule has 0 radical (unpaired) electrons. The summed E-state index contributed by atoms with van der Waals surface area (Å²) in [5.41, 5.74) is 12.0. The number of carbonyl (C=O) groups excluding carboxylic acids is 9. The second kappa shape index (κ2) is 50.4. The number of amidine groups is 1. The fourth-order valence-electron chi connectivity index (χ4n) is 12.0. The van der Waals surface area contributed by atoms with Gasteiger partial charge in [0.25, 0.3) is 11.8 Å². The Bertz CT molecular complexity index is 4700. The third-order valence-corrected chi connectivity index (χ3v) is 18.3. The summed E-state index contributed by atoms with van der Waals surface area (Å²) in [5.74, 6) is -3.54. The number of carboxylic acid groups (broad SMARTS) is 1. The molecule has 7 aromatic rings. The first-order valence-corrected chi connectivity index (χ1v) is 39.2. The molecule has 2 aliphatic rings. The van der Waals surface area contributed by atoms with Crippen molar-refractivity contribution >= 4 is 162 Å². The molecule has 0 aliphatic carbocycles. The van der Waals surface area contributed by atoms with E-state index in [1.54, 1.807) is 113 Å². The molecular weight excluding hydrogens is 1680 g/mol. The molecule has 2 atom stereocenters. The van der Waals surface area contributed by atoms with Crippen LogP contribution in [-0.2, 0) is 62.1 Å². The van der Waals surface area contributed by atoms with E-state index < -0.39 is 82.6 Å². The van der Waals surface area contributed by atoms with E-state index in [9.17, 15) is 53.1 Å². The summed E-state index contributed by atoms with van der Waals surface area (Å²) < 4.78 is 27.0. The van der Waals surface area contributed by atoms with Crippen LogP contribution in [-0.4, -0.2) is 154 Å². The Morgan fingerprint density at radius 2 is 0.918 bits per heavy atom. The number of Topliss-reactive ketones (excluding diaryl/α,β-unsaturated/α-hetero) is 2. The molecular formula is C89H121Cl4N11O16S2. The van der Waals surface area contributed by atoms with E-state index in [1.807, 2.05) is 97.1 Å². The second-order valence-corrected chi connectivity index (χ2v) is 32.9.